The summed E-state index contributed by atoms with van der Waals surface area (Å²) in [7, 11) is 0. The molecule has 3 rings (SSSR count). The normalized spacial score (nSPS) is 13.6. The van der Waals surface area contributed by atoms with Crippen LogP contribution in [0.3, 0.4) is 0 Å². The molecule has 0 fully saturated rings. The van der Waals surface area contributed by atoms with E-state index < -0.39 is 5.97 Å². The third-order valence-electron chi connectivity index (χ3n) is 4.77. The number of allylic oxidation sites excluding steroid dienone is 1. The quantitative estimate of drug-likeness (QED) is 0.431. The van der Waals surface area contributed by atoms with E-state index in [4.69, 9.17) is 15.1 Å². The molecule has 0 aliphatic heterocycles. The van der Waals surface area contributed by atoms with Gasteiger partial charge in [0, 0.05) is 17.5 Å². The van der Waals surface area contributed by atoms with Crippen LogP contribution in [0.2, 0.25) is 0 Å². The Morgan fingerprint density at radius 3 is 2.78 bits per heavy atom. The van der Waals surface area contributed by atoms with Crippen molar-refractivity contribution < 1.29 is 9.53 Å². The molecule has 1 aromatic heterocycles. The van der Waals surface area contributed by atoms with E-state index in [0.29, 0.717) is 17.9 Å². The van der Waals surface area contributed by atoms with Crippen molar-refractivity contribution in [3.8, 4) is 11.3 Å². The first kappa shape index (κ1) is 18.8. The number of nitrogens with zero attached hydrogens (tertiary/aromatic N) is 1. The fourth-order valence-corrected chi connectivity index (χ4v) is 3.49. The monoisotopic (exact) mass is 363 g/mol. The second kappa shape index (κ2) is 8.62. The molecular formula is C22H25N3O2. The van der Waals surface area contributed by atoms with Crippen LogP contribution >= 0.6 is 0 Å². The lowest BCUT2D eigenvalue weighted by molar-refractivity contribution is -0.137. The van der Waals surface area contributed by atoms with Gasteiger partial charge < -0.3 is 15.5 Å². The van der Waals surface area contributed by atoms with Gasteiger partial charge in [0.1, 0.15) is 5.82 Å². The zero-order valence-electron chi connectivity index (χ0n) is 15.8. The number of pyridine rings is 1. The number of aryl methyl sites for hydroxylation is 1. The number of carbonyl (C=O) groups is 1. The second-order valence-electron chi connectivity index (χ2n) is 6.44. The number of hydrogen-bond donors (Lipinski definition) is 2. The molecule has 0 radical (unpaired) electrons. The SMILES string of the molecule is CCOC(=O)/C(C=N)=C(\CC)Nc1cccc(-c2cccc3c2CCC3)n1. The molecule has 0 bridgehead atoms. The minimum absolute atomic E-state index is 0.229. The number of benzene rings is 1. The van der Waals surface area contributed by atoms with Crippen LogP contribution in [0, 0.1) is 5.41 Å². The fraction of sp³-hybridized carbons (Fsp3) is 0.318. The van der Waals surface area contributed by atoms with E-state index in [1.165, 1.54) is 23.1 Å². The van der Waals surface area contributed by atoms with Crippen molar-refractivity contribution in [1.82, 2.24) is 4.98 Å². The number of aromatic nitrogens is 1. The molecule has 0 saturated carbocycles. The lowest BCUT2D eigenvalue weighted by Crippen LogP contribution is -2.15. The molecule has 5 heteroatoms. The largest absolute Gasteiger partial charge is 0.462 e. The smallest absolute Gasteiger partial charge is 0.341 e. The van der Waals surface area contributed by atoms with Gasteiger partial charge in [-0.15, -0.1) is 0 Å². The van der Waals surface area contributed by atoms with Gasteiger partial charge in [-0.2, -0.15) is 0 Å². The van der Waals surface area contributed by atoms with Gasteiger partial charge in [0.25, 0.3) is 0 Å². The van der Waals surface area contributed by atoms with Gasteiger partial charge in [-0.05, 0) is 55.9 Å². The Hall–Kier alpha value is -2.95. The summed E-state index contributed by atoms with van der Waals surface area (Å²) in [5, 5.41) is 10.8. The summed E-state index contributed by atoms with van der Waals surface area (Å²) >= 11 is 0. The van der Waals surface area contributed by atoms with Crippen LogP contribution in [-0.2, 0) is 22.4 Å². The van der Waals surface area contributed by atoms with Gasteiger partial charge in [-0.1, -0.05) is 31.2 Å². The number of hydrogen-bond acceptors (Lipinski definition) is 5. The first-order valence-corrected chi connectivity index (χ1v) is 9.43. The van der Waals surface area contributed by atoms with Crippen LogP contribution in [0.25, 0.3) is 11.3 Å². The number of ether oxygens (including phenoxy) is 1. The molecule has 5 nitrogen and oxygen atoms in total. The van der Waals surface area contributed by atoms with E-state index in [0.717, 1.165) is 24.8 Å². The molecule has 27 heavy (non-hydrogen) atoms. The van der Waals surface area contributed by atoms with Crippen molar-refractivity contribution >= 4 is 18.0 Å². The number of carbonyl (C=O) groups excluding carboxylic acids is 1. The number of fused-ring (bicyclic) bond motifs is 1. The highest BCUT2D eigenvalue weighted by atomic mass is 16.5. The zero-order chi connectivity index (χ0) is 19.2. The van der Waals surface area contributed by atoms with E-state index in [2.05, 4.69) is 23.5 Å². The van der Waals surface area contributed by atoms with Gasteiger partial charge in [0.2, 0.25) is 0 Å². The Morgan fingerprint density at radius 2 is 2.04 bits per heavy atom. The highest BCUT2D eigenvalue weighted by Crippen LogP contribution is 2.32. The Balaban J connectivity index is 1.93. The van der Waals surface area contributed by atoms with Crippen LogP contribution in [0.4, 0.5) is 5.82 Å². The molecule has 1 heterocycles. The predicted molar refractivity (Wildman–Crippen MR) is 108 cm³/mol. The number of nitrogens with one attached hydrogen (secondary N) is 2. The maximum Gasteiger partial charge on any atom is 0.341 e. The number of rotatable bonds is 7. The summed E-state index contributed by atoms with van der Waals surface area (Å²) in [6.45, 7) is 3.96. The Morgan fingerprint density at radius 1 is 1.22 bits per heavy atom. The number of esters is 1. The van der Waals surface area contributed by atoms with Gasteiger partial charge in [0.15, 0.2) is 0 Å². The van der Waals surface area contributed by atoms with E-state index >= 15 is 0 Å². The Kier molecular flexibility index (Phi) is 6.01. The molecule has 0 saturated heterocycles. The highest BCUT2D eigenvalue weighted by molar-refractivity contribution is 6.09. The average Bonchev–Trinajstić information content (AvgIpc) is 3.17. The molecule has 2 N–H and O–H groups in total. The van der Waals surface area contributed by atoms with Gasteiger partial charge in [-0.25, -0.2) is 9.78 Å². The van der Waals surface area contributed by atoms with Crippen molar-refractivity contribution in [2.75, 3.05) is 11.9 Å². The van der Waals surface area contributed by atoms with Crippen molar-refractivity contribution in [2.45, 2.75) is 39.5 Å². The minimum Gasteiger partial charge on any atom is -0.462 e. The first-order valence-electron chi connectivity index (χ1n) is 9.43. The second-order valence-corrected chi connectivity index (χ2v) is 6.44. The van der Waals surface area contributed by atoms with Crippen LogP contribution < -0.4 is 5.32 Å². The highest BCUT2D eigenvalue weighted by Gasteiger charge is 2.17. The minimum atomic E-state index is -0.492. The average molecular weight is 363 g/mol. The molecule has 1 aliphatic carbocycles. The summed E-state index contributed by atoms with van der Waals surface area (Å²) in [6.07, 6.45) is 5.01. The lowest BCUT2D eigenvalue weighted by Gasteiger charge is -2.14. The molecule has 0 unspecified atom stereocenters. The summed E-state index contributed by atoms with van der Waals surface area (Å²) in [4.78, 5) is 16.8. The topological polar surface area (TPSA) is 75.1 Å². The van der Waals surface area contributed by atoms with Crippen LogP contribution in [0.1, 0.15) is 37.8 Å². The van der Waals surface area contributed by atoms with E-state index in [1.807, 2.05) is 25.1 Å². The third kappa shape index (κ3) is 4.08. The molecule has 0 atom stereocenters. The summed E-state index contributed by atoms with van der Waals surface area (Å²) in [5.41, 5.74) is 5.75. The van der Waals surface area contributed by atoms with Crippen LogP contribution in [-0.4, -0.2) is 23.8 Å². The summed E-state index contributed by atoms with van der Waals surface area (Å²) in [5.74, 6) is 0.164. The van der Waals surface area contributed by atoms with E-state index in [9.17, 15) is 4.79 Å². The first-order chi connectivity index (χ1) is 13.2. The van der Waals surface area contributed by atoms with Gasteiger partial charge in [-0.3, -0.25) is 0 Å². The third-order valence-corrected chi connectivity index (χ3v) is 4.77. The predicted octanol–water partition coefficient (Wildman–Crippen LogP) is 4.53. The number of anilines is 1. The lowest BCUT2D eigenvalue weighted by atomic mass is 10.0. The Labute approximate surface area is 160 Å². The van der Waals surface area contributed by atoms with Crippen molar-refractivity contribution in [3.05, 3.63) is 58.8 Å². The van der Waals surface area contributed by atoms with E-state index in [1.54, 1.807) is 6.92 Å². The van der Waals surface area contributed by atoms with E-state index in [-0.39, 0.29) is 12.2 Å². The van der Waals surface area contributed by atoms with Crippen molar-refractivity contribution in [1.29, 1.82) is 5.41 Å². The molecule has 0 spiro atoms. The van der Waals surface area contributed by atoms with Crippen molar-refractivity contribution in [3.63, 3.8) is 0 Å². The van der Waals surface area contributed by atoms with Gasteiger partial charge >= 0.3 is 5.97 Å². The maximum atomic E-state index is 12.1. The Bertz CT molecular complexity index is 887. The molecule has 1 aliphatic rings. The van der Waals surface area contributed by atoms with Crippen LogP contribution in [0.15, 0.2) is 47.7 Å². The van der Waals surface area contributed by atoms with Gasteiger partial charge in [0.05, 0.1) is 17.9 Å². The molecular weight excluding hydrogens is 338 g/mol. The standard InChI is InChI=1S/C22H25N3O2/c1-3-19(18(14-23)22(26)27-4-2)24-21-13-7-12-20(25-21)17-11-6-9-15-8-5-10-16(15)17/h6-7,9,11-14,23H,3-5,8,10H2,1-2H3,(H,24,25)/b19-18+,23-14?. The molecule has 0 amide bonds. The zero-order valence-corrected chi connectivity index (χ0v) is 15.8. The fourth-order valence-electron chi connectivity index (χ4n) is 3.49. The summed E-state index contributed by atoms with van der Waals surface area (Å²) < 4.78 is 5.05. The molecule has 1 aromatic carbocycles. The molecule has 2 aromatic rings. The van der Waals surface area contributed by atoms with Crippen molar-refractivity contribution in [2.24, 2.45) is 0 Å². The molecule has 140 valence electrons. The summed E-state index contributed by atoms with van der Waals surface area (Å²) in [6, 6.07) is 12.2. The maximum absolute atomic E-state index is 12.1. The van der Waals surface area contributed by atoms with Crippen LogP contribution in [0.5, 0.6) is 0 Å².